The number of benzene rings is 2. The number of hydrogen-bond acceptors (Lipinski definition) is 4. The Morgan fingerprint density at radius 3 is 2.33 bits per heavy atom. The number of hydrogen-bond donors (Lipinski definition) is 0. The molecule has 2 aromatic carbocycles. The highest BCUT2D eigenvalue weighted by Crippen LogP contribution is 2.17. The maximum Gasteiger partial charge on any atom is 0.179 e. The zero-order valence-electron chi connectivity index (χ0n) is 15.2. The molecule has 4 nitrogen and oxygen atoms in total. The first kappa shape index (κ1) is 20.5. The van der Waals surface area contributed by atoms with Crippen LogP contribution in [0.5, 0.6) is 0 Å². The molecule has 7 heteroatoms. The van der Waals surface area contributed by atoms with E-state index in [1.54, 1.807) is 30.3 Å². The maximum atomic E-state index is 13.9. The fourth-order valence-corrected chi connectivity index (χ4v) is 4.83. The summed E-state index contributed by atoms with van der Waals surface area (Å²) in [5.74, 6) is -0.0544. The Hall–Kier alpha value is -1.28. The van der Waals surface area contributed by atoms with Crippen LogP contribution in [0.25, 0.3) is 0 Å². The third-order valence-electron chi connectivity index (χ3n) is 4.88. The molecule has 0 radical (unpaired) electrons. The molecule has 3 rings (SSSR count). The first-order valence-electron chi connectivity index (χ1n) is 9.10. The molecule has 0 aliphatic carbocycles. The van der Waals surface area contributed by atoms with Gasteiger partial charge in [0.1, 0.15) is 5.82 Å². The van der Waals surface area contributed by atoms with Gasteiger partial charge in [-0.2, -0.15) is 0 Å². The Balaban J connectivity index is 1.52. The van der Waals surface area contributed by atoms with Crippen LogP contribution < -0.4 is 0 Å². The van der Waals surface area contributed by atoms with Gasteiger partial charge in [0.15, 0.2) is 9.84 Å². The van der Waals surface area contributed by atoms with Crippen LogP contribution >= 0.6 is 15.9 Å². The van der Waals surface area contributed by atoms with E-state index < -0.39 is 9.84 Å². The number of nitrogens with zero attached hydrogens (tertiary/aromatic N) is 2. The fourth-order valence-electron chi connectivity index (χ4n) is 3.28. The van der Waals surface area contributed by atoms with Gasteiger partial charge in [0.25, 0.3) is 0 Å². The van der Waals surface area contributed by atoms with E-state index >= 15 is 0 Å². The fraction of sp³-hybridized carbons (Fsp3) is 0.400. The molecule has 146 valence electrons. The largest absolute Gasteiger partial charge is 0.301 e. The lowest BCUT2D eigenvalue weighted by atomic mass is 10.2. The van der Waals surface area contributed by atoms with Crippen molar-refractivity contribution in [2.75, 3.05) is 38.5 Å². The average Bonchev–Trinajstić information content (AvgIpc) is 2.88. The summed E-state index contributed by atoms with van der Waals surface area (Å²) in [4.78, 5) is 4.79. The van der Waals surface area contributed by atoms with Gasteiger partial charge in [0.2, 0.25) is 0 Å². The summed E-state index contributed by atoms with van der Waals surface area (Å²) in [5.41, 5.74) is 0.712. The van der Waals surface area contributed by atoms with E-state index in [0.717, 1.165) is 37.1 Å². The summed E-state index contributed by atoms with van der Waals surface area (Å²) in [5, 5.41) is 0. The summed E-state index contributed by atoms with van der Waals surface area (Å²) < 4.78 is 39.8. The first-order chi connectivity index (χ1) is 12.9. The standard InChI is InChI=1S/C20H24BrFN2O2S/c21-18-6-8-19(9-7-18)27(25,26)15-14-23-10-3-11-24(13-12-23)16-17-4-1-2-5-20(17)22/h1-2,4-9H,3,10-16H2. The Kier molecular flexibility index (Phi) is 7.03. The zero-order valence-corrected chi connectivity index (χ0v) is 17.6. The highest BCUT2D eigenvalue weighted by Gasteiger charge is 2.20. The smallest absolute Gasteiger partial charge is 0.179 e. The van der Waals surface area contributed by atoms with Crippen LogP contribution in [0.15, 0.2) is 57.9 Å². The lowest BCUT2D eigenvalue weighted by Gasteiger charge is -2.22. The Labute approximate surface area is 169 Å². The average molecular weight is 455 g/mol. The molecule has 1 fully saturated rings. The maximum absolute atomic E-state index is 13.9. The van der Waals surface area contributed by atoms with Crippen molar-refractivity contribution in [3.8, 4) is 0 Å². The monoisotopic (exact) mass is 454 g/mol. The molecular formula is C20H24BrFN2O2S. The molecule has 0 atom stereocenters. The summed E-state index contributed by atoms with van der Waals surface area (Å²) in [6, 6.07) is 13.6. The molecule has 1 heterocycles. The second-order valence-electron chi connectivity index (χ2n) is 6.84. The van der Waals surface area contributed by atoms with Gasteiger partial charge >= 0.3 is 0 Å². The SMILES string of the molecule is O=S(=O)(CCN1CCCN(Cc2ccccc2F)CC1)c1ccc(Br)cc1. The Morgan fingerprint density at radius 1 is 0.926 bits per heavy atom. The highest BCUT2D eigenvalue weighted by atomic mass is 79.9. The van der Waals surface area contributed by atoms with Crippen LogP contribution in [0.1, 0.15) is 12.0 Å². The minimum Gasteiger partial charge on any atom is -0.301 e. The van der Waals surface area contributed by atoms with Crippen molar-refractivity contribution in [1.29, 1.82) is 0 Å². The van der Waals surface area contributed by atoms with Crippen LogP contribution in [0.4, 0.5) is 4.39 Å². The normalized spacial score (nSPS) is 17.0. The topological polar surface area (TPSA) is 40.6 Å². The molecule has 0 bridgehead atoms. The van der Waals surface area contributed by atoms with E-state index in [1.165, 1.54) is 6.07 Å². The second kappa shape index (κ2) is 9.28. The van der Waals surface area contributed by atoms with Gasteiger partial charge in [-0.25, -0.2) is 12.8 Å². The van der Waals surface area contributed by atoms with Crippen molar-refractivity contribution < 1.29 is 12.8 Å². The lowest BCUT2D eigenvalue weighted by molar-refractivity contribution is 0.255. The molecule has 0 aromatic heterocycles. The number of halogens is 2. The van der Waals surface area contributed by atoms with Gasteiger partial charge in [0.05, 0.1) is 10.6 Å². The molecule has 0 unspecified atom stereocenters. The molecule has 0 N–H and O–H groups in total. The number of rotatable bonds is 6. The van der Waals surface area contributed by atoms with E-state index in [9.17, 15) is 12.8 Å². The van der Waals surface area contributed by atoms with Gasteiger partial charge in [-0.05, 0) is 49.8 Å². The summed E-state index contributed by atoms with van der Waals surface area (Å²) in [7, 11) is -3.28. The molecule has 0 saturated carbocycles. The predicted molar refractivity (Wildman–Crippen MR) is 109 cm³/mol. The van der Waals surface area contributed by atoms with Crippen molar-refractivity contribution in [3.63, 3.8) is 0 Å². The van der Waals surface area contributed by atoms with Crippen LogP contribution in [0, 0.1) is 5.82 Å². The molecular weight excluding hydrogens is 431 g/mol. The molecule has 1 aliphatic rings. The van der Waals surface area contributed by atoms with Gasteiger partial charge < -0.3 is 4.90 Å². The Morgan fingerprint density at radius 2 is 1.59 bits per heavy atom. The van der Waals surface area contributed by atoms with Crippen LogP contribution in [-0.4, -0.2) is 56.7 Å². The quantitative estimate of drug-likeness (QED) is 0.668. The van der Waals surface area contributed by atoms with Crippen molar-refractivity contribution in [1.82, 2.24) is 9.80 Å². The van der Waals surface area contributed by atoms with Gasteiger partial charge in [0, 0.05) is 36.2 Å². The first-order valence-corrected chi connectivity index (χ1v) is 11.5. The third-order valence-corrected chi connectivity index (χ3v) is 7.12. The molecule has 0 amide bonds. The van der Waals surface area contributed by atoms with E-state index in [4.69, 9.17) is 0 Å². The second-order valence-corrected chi connectivity index (χ2v) is 9.86. The summed E-state index contributed by atoms with van der Waals surface area (Å²) >= 11 is 3.32. The lowest BCUT2D eigenvalue weighted by Crippen LogP contribution is -2.33. The molecule has 0 spiro atoms. The minimum absolute atomic E-state index is 0.113. The summed E-state index contributed by atoms with van der Waals surface area (Å²) in [6.45, 7) is 4.48. The number of sulfone groups is 1. The van der Waals surface area contributed by atoms with Crippen LogP contribution in [-0.2, 0) is 16.4 Å². The molecule has 2 aromatic rings. The van der Waals surface area contributed by atoms with Crippen LogP contribution in [0.2, 0.25) is 0 Å². The van der Waals surface area contributed by atoms with Crippen molar-refractivity contribution in [2.24, 2.45) is 0 Å². The van der Waals surface area contributed by atoms with E-state index in [2.05, 4.69) is 25.7 Å². The minimum atomic E-state index is -3.28. The van der Waals surface area contributed by atoms with Gasteiger partial charge in [-0.1, -0.05) is 34.1 Å². The van der Waals surface area contributed by atoms with E-state index in [0.29, 0.717) is 23.5 Å². The van der Waals surface area contributed by atoms with Crippen molar-refractivity contribution in [2.45, 2.75) is 17.9 Å². The predicted octanol–water partition coefficient (Wildman–Crippen LogP) is 3.57. The van der Waals surface area contributed by atoms with E-state index in [1.807, 2.05) is 12.1 Å². The van der Waals surface area contributed by atoms with Crippen molar-refractivity contribution in [3.05, 3.63) is 64.4 Å². The highest BCUT2D eigenvalue weighted by molar-refractivity contribution is 9.10. The molecule has 27 heavy (non-hydrogen) atoms. The summed E-state index contributed by atoms with van der Waals surface area (Å²) in [6.07, 6.45) is 0.951. The van der Waals surface area contributed by atoms with Crippen molar-refractivity contribution >= 4 is 25.8 Å². The molecule has 1 saturated heterocycles. The van der Waals surface area contributed by atoms with E-state index in [-0.39, 0.29) is 11.6 Å². The zero-order chi connectivity index (χ0) is 19.3. The van der Waals surface area contributed by atoms with Gasteiger partial charge in [-0.3, -0.25) is 4.90 Å². The Bertz CT molecular complexity index is 859. The molecule has 1 aliphatic heterocycles. The van der Waals surface area contributed by atoms with Gasteiger partial charge in [-0.15, -0.1) is 0 Å². The van der Waals surface area contributed by atoms with Crippen LogP contribution in [0.3, 0.4) is 0 Å². The third kappa shape index (κ3) is 5.85.